The quantitative estimate of drug-likeness (QED) is 0.615. The Hall–Kier alpha value is -0.370. The molecule has 0 spiro atoms. The van der Waals surface area contributed by atoms with Crippen molar-refractivity contribution in [1.29, 1.82) is 0 Å². The van der Waals surface area contributed by atoms with Gasteiger partial charge in [0.15, 0.2) is 0 Å². The second-order valence-corrected chi connectivity index (χ2v) is 3.25. The van der Waals surface area contributed by atoms with Crippen molar-refractivity contribution in [3.63, 3.8) is 0 Å². The van der Waals surface area contributed by atoms with E-state index in [-0.39, 0.29) is 0 Å². The Morgan fingerprint density at radius 3 is 2.70 bits per heavy atom. The lowest BCUT2D eigenvalue weighted by molar-refractivity contribution is 0.494. The fourth-order valence-corrected chi connectivity index (χ4v) is 1.32. The monoisotopic (exact) mass is 140 g/mol. The highest BCUT2D eigenvalue weighted by Gasteiger charge is 2.18. The maximum Gasteiger partial charge on any atom is 0.0526 e. The third-order valence-electron chi connectivity index (χ3n) is 2.08. The summed E-state index contributed by atoms with van der Waals surface area (Å²) in [6, 6.07) is 0.554. The van der Waals surface area contributed by atoms with Gasteiger partial charge in [-0.05, 0) is 18.8 Å². The standard InChI is InChI=1S/C8H16N2/c1-6(2)8-4-3-7(5-9)10-8/h6,8H,3-5,9H2,1-2H3. The minimum absolute atomic E-state index is 0.554. The van der Waals surface area contributed by atoms with Crippen LogP contribution in [0, 0.1) is 5.92 Å². The van der Waals surface area contributed by atoms with Gasteiger partial charge in [0, 0.05) is 12.3 Å². The minimum atomic E-state index is 0.554. The Bertz CT molecular complexity index is 138. The Labute approximate surface area is 62.5 Å². The molecule has 2 N–H and O–H groups in total. The lowest BCUT2D eigenvalue weighted by Gasteiger charge is -2.08. The largest absolute Gasteiger partial charge is 0.326 e. The van der Waals surface area contributed by atoms with Gasteiger partial charge in [0.2, 0.25) is 0 Å². The Morgan fingerprint density at radius 2 is 2.40 bits per heavy atom. The average Bonchev–Trinajstić information content (AvgIpc) is 2.34. The first-order chi connectivity index (χ1) is 4.74. The fraction of sp³-hybridized carbons (Fsp3) is 0.875. The van der Waals surface area contributed by atoms with E-state index in [1.807, 2.05) is 0 Å². The molecular formula is C8H16N2. The van der Waals surface area contributed by atoms with E-state index < -0.39 is 0 Å². The topological polar surface area (TPSA) is 38.4 Å². The third kappa shape index (κ3) is 1.57. The lowest BCUT2D eigenvalue weighted by Crippen LogP contribution is -2.11. The van der Waals surface area contributed by atoms with Gasteiger partial charge in [0.25, 0.3) is 0 Å². The molecule has 2 heteroatoms. The summed E-state index contributed by atoms with van der Waals surface area (Å²) in [7, 11) is 0. The highest BCUT2D eigenvalue weighted by atomic mass is 14.9. The van der Waals surface area contributed by atoms with E-state index in [1.54, 1.807) is 0 Å². The van der Waals surface area contributed by atoms with Crippen LogP contribution < -0.4 is 5.73 Å². The van der Waals surface area contributed by atoms with E-state index in [2.05, 4.69) is 18.8 Å². The van der Waals surface area contributed by atoms with Crippen molar-refractivity contribution in [2.24, 2.45) is 16.6 Å². The number of nitrogens with two attached hydrogens (primary N) is 1. The molecule has 1 aliphatic heterocycles. The molecule has 0 aliphatic carbocycles. The summed E-state index contributed by atoms with van der Waals surface area (Å²) in [5.41, 5.74) is 6.67. The predicted octanol–water partition coefficient (Wildman–Crippen LogP) is 1.20. The molecule has 1 unspecified atom stereocenters. The van der Waals surface area contributed by atoms with Gasteiger partial charge in [-0.3, -0.25) is 4.99 Å². The van der Waals surface area contributed by atoms with Crippen LogP contribution in [0.25, 0.3) is 0 Å². The van der Waals surface area contributed by atoms with Gasteiger partial charge < -0.3 is 5.73 Å². The van der Waals surface area contributed by atoms with E-state index in [1.165, 1.54) is 12.1 Å². The first-order valence-electron chi connectivity index (χ1n) is 3.99. The first-order valence-corrected chi connectivity index (χ1v) is 3.99. The van der Waals surface area contributed by atoms with Gasteiger partial charge in [-0.15, -0.1) is 0 Å². The maximum absolute atomic E-state index is 5.47. The summed E-state index contributed by atoms with van der Waals surface area (Å²) < 4.78 is 0. The van der Waals surface area contributed by atoms with Gasteiger partial charge in [-0.2, -0.15) is 0 Å². The van der Waals surface area contributed by atoms with Crippen LogP contribution >= 0.6 is 0 Å². The van der Waals surface area contributed by atoms with Crippen LogP contribution in [0.2, 0.25) is 0 Å². The number of rotatable bonds is 2. The number of hydrogen-bond donors (Lipinski definition) is 1. The second-order valence-electron chi connectivity index (χ2n) is 3.25. The van der Waals surface area contributed by atoms with E-state index in [0.717, 1.165) is 6.42 Å². The fourth-order valence-electron chi connectivity index (χ4n) is 1.32. The molecule has 1 aliphatic rings. The van der Waals surface area contributed by atoms with Gasteiger partial charge in [0.05, 0.1) is 6.04 Å². The van der Waals surface area contributed by atoms with E-state index in [4.69, 9.17) is 5.73 Å². The number of hydrogen-bond acceptors (Lipinski definition) is 2. The maximum atomic E-state index is 5.47. The molecule has 0 saturated heterocycles. The highest BCUT2D eigenvalue weighted by molar-refractivity contribution is 5.87. The van der Waals surface area contributed by atoms with E-state index in [0.29, 0.717) is 18.5 Å². The van der Waals surface area contributed by atoms with Crippen LogP contribution in [-0.4, -0.2) is 18.3 Å². The summed E-state index contributed by atoms with van der Waals surface area (Å²) in [4.78, 5) is 4.50. The van der Waals surface area contributed by atoms with Crippen LogP contribution in [0.5, 0.6) is 0 Å². The molecule has 0 fully saturated rings. The van der Waals surface area contributed by atoms with Crippen LogP contribution in [0.1, 0.15) is 26.7 Å². The normalized spacial score (nSPS) is 25.6. The van der Waals surface area contributed by atoms with Crippen molar-refractivity contribution >= 4 is 5.71 Å². The molecule has 1 heterocycles. The number of nitrogens with zero attached hydrogens (tertiary/aromatic N) is 1. The zero-order chi connectivity index (χ0) is 7.56. The summed E-state index contributed by atoms with van der Waals surface area (Å²) in [6.45, 7) is 5.09. The van der Waals surface area contributed by atoms with Crippen molar-refractivity contribution in [2.75, 3.05) is 6.54 Å². The van der Waals surface area contributed by atoms with Crippen molar-refractivity contribution in [2.45, 2.75) is 32.7 Å². The molecule has 0 radical (unpaired) electrons. The van der Waals surface area contributed by atoms with Gasteiger partial charge in [-0.1, -0.05) is 13.8 Å². The average molecular weight is 140 g/mol. The Morgan fingerprint density at radius 1 is 1.70 bits per heavy atom. The smallest absolute Gasteiger partial charge is 0.0526 e. The lowest BCUT2D eigenvalue weighted by atomic mass is 10.0. The SMILES string of the molecule is CC(C)C1CCC(CN)=N1. The molecule has 1 rings (SSSR count). The summed E-state index contributed by atoms with van der Waals surface area (Å²) in [5, 5.41) is 0. The molecule has 0 aromatic rings. The molecule has 0 bridgehead atoms. The minimum Gasteiger partial charge on any atom is -0.326 e. The van der Waals surface area contributed by atoms with Crippen molar-refractivity contribution in [3.05, 3.63) is 0 Å². The third-order valence-corrected chi connectivity index (χ3v) is 2.08. The van der Waals surface area contributed by atoms with Gasteiger partial charge >= 0.3 is 0 Å². The molecule has 10 heavy (non-hydrogen) atoms. The Balaban J connectivity index is 2.47. The first kappa shape index (κ1) is 7.73. The summed E-state index contributed by atoms with van der Waals surface area (Å²) in [6.07, 6.45) is 2.34. The molecule has 0 amide bonds. The van der Waals surface area contributed by atoms with E-state index >= 15 is 0 Å². The zero-order valence-corrected chi connectivity index (χ0v) is 6.80. The van der Waals surface area contributed by atoms with Crippen LogP contribution in [0.15, 0.2) is 4.99 Å². The predicted molar refractivity (Wildman–Crippen MR) is 44.3 cm³/mol. The second kappa shape index (κ2) is 3.15. The number of aliphatic imine (C=N–C) groups is 1. The van der Waals surface area contributed by atoms with Crippen molar-refractivity contribution in [3.8, 4) is 0 Å². The highest BCUT2D eigenvalue weighted by Crippen LogP contribution is 2.19. The summed E-state index contributed by atoms with van der Waals surface area (Å²) >= 11 is 0. The van der Waals surface area contributed by atoms with E-state index in [9.17, 15) is 0 Å². The van der Waals surface area contributed by atoms with Crippen molar-refractivity contribution in [1.82, 2.24) is 0 Å². The van der Waals surface area contributed by atoms with Crippen molar-refractivity contribution < 1.29 is 0 Å². The molecule has 0 saturated carbocycles. The molecule has 58 valence electrons. The zero-order valence-electron chi connectivity index (χ0n) is 6.80. The van der Waals surface area contributed by atoms with Crippen LogP contribution in [-0.2, 0) is 0 Å². The molecule has 0 aromatic heterocycles. The van der Waals surface area contributed by atoms with Gasteiger partial charge in [0.1, 0.15) is 0 Å². The molecule has 1 atom stereocenters. The van der Waals surface area contributed by atoms with Crippen LogP contribution in [0.4, 0.5) is 0 Å². The van der Waals surface area contributed by atoms with Gasteiger partial charge in [-0.25, -0.2) is 0 Å². The van der Waals surface area contributed by atoms with Crippen LogP contribution in [0.3, 0.4) is 0 Å². The molecule has 2 nitrogen and oxygen atoms in total. The Kier molecular flexibility index (Phi) is 2.44. The molecular weight excluding hydrogens is 124 g/mol. The molecule has 0 aromatic carbocycles. The summed E-state index contributed by atoms with van der Waals surface area (Å²) in [5.74, 6) is 0.684.